The minimum Gasteiger partial charge on any atom is -0.443 e. The number of alkyl carbamates (subject to hydrolysis) is 1. The van der Waals surface area contributed by atoms with Gasteiger partial charge in [-0.3, -0.25) is 28.7 Å². The number of fused-ring (bicyclic) bond motifs is 2. The molecule has 1 atom stereocenters. The Bertz CT molecular complexity index is 2090. The van der Waals surface area contributed by atoms with E-state index in [-0.39, 0.29) is 63.1 Å². The third-order valence-corrected chi connectivity index (χ3v) is 8.69. The number of carbonyl (C=O) groups is 4. The number of nitrogens with zero attached hydrogens (tertiary/aromatic N) is 4. The average Bonchev–Trinajstić information content (AvgIpc) is 3.74. The van der Waals surface area contributed by atoms with Gasteiger partial charge in [0, 0.05) is 13.2 Å². The molecule has 4 amide bonds. The maximum atomic E-state index is 12.8. The van der Waals surface area contributed by atoms with Crippen molar-refractivity contribution in [1.82, 2.24) is 29.9 Å². The number of imide groups is 1. The molecule has 0 fully saturated rings. The standard InChI is InChI=1S/C26H35N5O5.C15H12N2O3.ClH/c1-26(2,27)24(33)30-22(18-35-16-19-9-4-3-5-10-19)23-29-15-20-11-8-12-21(31(20)23)17-36-25(34)28-13-6-7-14-32;18-9-11-5-3-4-10(16-11)8-17-14(19)12-6-1-2-7-13(12)15(17)20;/h3-5,8-12,15,22,32H,6-7,13-14,16-18,27H2,1-2H3,(H,28,34)(H,30,33);1-7,18H,8-9H2;1H. The summed E-state index contributed by atoms with van der Waals surface area (Å²) in [7, 11) is 0. The molecule has 6 N–H and O–H groups in total. The molecule has 0 spiro atoms. The minimum atomic E-state index is -1.09. The molecule has 0 saturated heterocycles. The molecule has 2 aromatic carbocycles. The first-order valence-corrected chi connectivity index (χ1v) is 18.2. The van der Waals surface area contributed by atoms with Crippen LogP contribution in [0.4, 0.5) is 4.79 Å². The second-order valence-electron chi connectivity index (χ2n) is 13.6. The Morgan fingerprint density at radius 3 is 2.19 bits per heavy atom. The number of halogens is 1. The van der Waals surface area contributed by atoms with Crippen LogP contribution in [0.15, 0.2) is 97.2 Å². The fourth-order valence-corrected chi connectivity index (χ4v) is 5.76. The fraction of sp³-hybridized carbons (Fsp3) is 0.317. The Morgan fingerprint density at radius 1 is 0.860 bits per heavy atom. The summed E-state index contributed by atoms with van der Waals surface area (Å²) in [5, 5.41) is 23.5. The van der Waals surface area contributed by atoms with Crippen LogP contribution in [0, 0.1) is 0 Å². The third kappa shape index (κ3) is 11.9. The number of nitrogens with one attached hydrogen (secondary N) is 2. The van der Waals surface area contributed by atoms with Crippen molar-refractivity contribution >= 4 is 41.7 Å². The summed E-state index contributed by atoms with van der Waals surface area (Å²) in [6, 6.07) is 26.6. The molecule has 57 heavy (non-hydrogen) atoms. The lowest BCUT2D eigenvalue weighted by Gasteiger charge is -2.24. The van der Waals surface area contributed by atoms with Gasteiger partial charge in [0.25, 0.3) is 11.8 Å². The predicted molar refractivity (Wildman–Crippen MR) is 213 cm³/mol. The SMILES string of the molecule is CC(C)(N)C(=O)NC(COCc1ccccc1)c1ncc2cccc(COC(=O)NCCCCO)n12.Cl.O=C1c2ccccc2C(=O)N1Cc1cccc(CO)n1. The van der Waals surface area contributed by atoms with E-state index in [0.29, 0.717) is 60.0 Å². The molecule has 3 aromatic heterocycles. The van der Waals surface area contributed by atoms with E-state index in [2.05, 4.69) is 20.6 Å². The molecule has 1 aliphatic rings. The summed E-state index contributed by atoms with van der Waals surface area (Å²) in [5.74, 6) is -0.412. The Morgan fingerprint density at radius 2 is 1.53 bits per heavy atom. The highest BCUT2D eigenvalue weighted by molar-refractivity contribution is 6.21. The first-order valence-electron chi connectivity index (χ1n) is 18.2. The van der Waals surface area contributed by atoms with Crippen molar-refractivity contribution in [1.29, 1.82) is 0 Å². The maximum Gasteiger partial charge on any atom is 0.407 e. The highest BCUT2D eigenvalue weighted by Crippen LogP contribution is 2.24. The number of rotatable bonds is 16. The molecule has 4 heterocycles. The minimum absolute atomic E-state index is 0. The number of ether oxygens (including phenoxy) is 2. The number of nitrogens with two attached hydrogens (primary N) is 1. The Kier molecular flexibility index (Phi) is 16.2. The van der Waals surface area contributed by atoms with Gasteiger partial charge in [-0.2, -0.15) is 0 Å². The van der Waals surface area contributed by atoms with E-state index in [1.54, 1.807) is 62.5 Å². The molecule has 302 valence electrons. The van der Waals surface area contributed by atoms with Crippen molar-refractivity contribution in [3.05, 3.63) is 137 Å². The summed E-state index contributed by atoms with van der Waals surface area (Å²) < 4.78 is 13.2. The van der Waals surface area contributed by atoms with Crippen LogP contribution >= 0.6 is 12.4 Å². The normalized spacial score (nSPS) is 12.6. The molecular weight excluding hydrogens is 754 g/mol. The van der Waals surface area contributed by atoms with Crippen LogP contribution in [0.2, 0.25) is 0 Å². The van der Waals surface area contributed by atoms with Gasteiger partial charge in [-0.15, -0.1) is 12.4 Å². The number of amides is 4. The number of hydrogen-bond acceptors (Lipinski definition) is 11. The fourth-order valence-electron chi connectivity index (χ4n) is 5.76. The molecule has 5 aromatic rings. The van der Waals surface area contributed by atoms with E-state index in [4.69, 9.17) is 25.4 Å². The summed E-state index contributed by atoms with van der Waals surface area (Å²) in [4.78, 5) is 59.2. The molecule has 15 nitrogen and oxygen atoms in total. The molecule has 0 radical (unpaired) electrons. The van der Waals surface area contributed by atoms with Crippen molar-refractivity contribution in [2.24, 2.45) is 5.73 Å². The second kappa shape index (κ2) is 21.0. The third-order valence-electron chi connectivity index (χ3n) is 8.69. The average molecular weight is 802 g/mol. The number of aliphatic hydroxyl groups excluding tert-OH is 2. The molecular formula is C41H48ClN7O8. The molecule has 1 aliphatic heterocycles. The van der Waals surface area contributed by atoms with E-state index in [0.717, 1.165) is 11.1 Å². The van der Waals surface area contributed by atoms with Gasteiger partial charge in [0.2, 0.25) is 5.91 Å². The second-order valence-corrected chi connectivity index (χ2v) is 13.6. The number of carbonyl (C=O) groups excluding carboxylic acids is 4. The quantitative estimate of drug-likeness (QED) is 0.0704. The number of aromatic nitrogens is 3. The van der Waals surface area contributed by atoms with E-state index >= 15 is 0 Å². The highest BCUT2D eigenvalue weighted by atomic mass is 35.5. The lowest BCUT2D eigenvalue weighted by atomic mass is 10.1. The lowest BCUT2D eigenvalue weighted by Crippen LogP contribution is -2.51. The van der Waals surface area contributed by atoms with Crippen LogP contribution in [-0.2, 0) is 40.6 Å². The van der Waals surface area contributed by atoms with E-state index in [1.807, 2.05) is 52.9 Å². The van der Waals surface area contributed by atoms with Gasteiger partial charge < -0.3 is 36.1 Å². The smallest absolute Gasteiger partial charge is 0.407 e. The van der Waals surface area contributed by atoms with E-state index in [9.17, 15) is 19.2 Å². The van der Waals surface area contributed by atoms with Crippen molar-refractivity contribution < 1.29 is 38.9 Å². The number of unbranched alkanes of at least 4 members (excludes halogenated alkanes) is 1. The zero-order valence-corrected chi connectivity index (χ0v) is 32.6. The van der Waals surface area contributed by atoms with Gasteiger partial charge >= 0.3 is 6.09 Å². The molecule has 0 bridgehead atoms. The number of imidazole rings is 1. The van der Waals surface area contributed by atoms with Gasteiger partial charge in [-0.05, 0) is 68.7 Å². The maximum absolute atomic E-state index is 12.8. The summed E-state index contributed by atoms with van der Waals surface area (Å²) in [6.45, 7) is 4.23. The van der Waals surface area contributed by atoms with E-state index in [1.165, 1.54) is 4.90 Å². The Balaban J connectivity index is 0.000000288. The zero-order valence-electron chi connectivity index (χ0n) is 31.8. The Labute approximate surface area is 336 Å². The molecule has 0 saturated carbocycles. The summed E-state index contributed by atoms with van der Waals surface area (Å²) in [6.07, 6.45) is 2.41. The molecule has 0 aliphatic carbocycles. The van der Waals surface area contributed by atoms with Crippen LogP contribution in [0.3, 0.4) is 0 Å². The lowest BCUT2D eigenvalue weighted by molar-refractivity contribution is -0.126. The first kappa shape index (κ1) is 44.0. The monoisotopic (exact) mass is 801 g/mol. The molecule has 1 unspecified atom stereocenters. The van der Waals surface area contributed by atoms with Crippen molar-refractivity contribution in [2.75, 3.05) is 19.8 Å². The van der Waals surface area contributed by atoms with Gasteiger partial charge in [-0.1, -0.05) is 54.6 Å². The summed E-state index contributed by atoms with van der Waals surface area (Å²) in [5.41, 5.74) is 9.34. The number of pyridine rings is 2. The number of benzene rings is 2. The number of aliphatic hydroxyl groups is 2. The zero-order chi connectivity index (χ0) is 40.1. The van der Waals surface area contributed by atoms with Gasteiger partial charge in [0.1, 0.15) is 18.5 Å². The summed E-state index contributed by atoms with van der Waals surface area (Å²) >= 11 is 0. The van der Waals surface area contributed by atoms with Crippen LogP contribution < -0.4 is 16.4 Å². The van der Waals surface area contributed by atoms with Crippen LogP contribution in [0.1, 0.15) is 81.9 Å². The predicted octanol–water partition coefficient (Wildman–Crippen LogP) is 4.24. The molecule has 6 rings (SSSR count). The topological polar surface area (TPSA) is 211 Å². The number of hydrogen-bond donors (Lipinski definition) is 5. The molecule has 16 heteroatoms. The first-order chi connectivity index (χ1) is 27.0. The largest absolute Gasteiger partial charge is 0.443 e. The van der Waals surface area contributed by atoms with Gasteiger partial charge in [0.05, 0.1) is 71.8 Å². The van der Waals surface area contributed by atoms with Gasteiger partial charge in [0.15, 0.2) is 0 Å². The Hall–Kier alpha value is -5.71. The van der Waals surface area contributed by atoms with Crippen molar-refractivity contribution in [2.45, 2.75) is 64.6 Å². The van der Waals surface area contributed by atoms with Crippen LogP contribution in [0.5, 0.6) is 0 Å². The van der Waals surface area contributed by atoms with Crippen LogP contribution in [-0.4, -0.2) is 78.6 Å². The van der Waals surface area contributed by atoms with Crippen LogP contribution in [0.25, 0.3) is 5.52 Å². The van der Waals surface area contributed by atoms with Gasteiger partial charge in [-0.25, -0.2) is 9.78 Å². The van der Waals surface area contributed by atoms with Crippen molar-refractivity contribution in [3.8, 4) is 0 Å². The van der Waals surface area contributed by atoms with Crippen molar-refractivity contribution in [3.63, 3.8) is 0 Å². The highest BCUT2D eigenvalue weighted by Gasteiger charge is 2.35. The van der Waals surface area contributed by atoms with E-state index < -0.39 is 17.7 Å².